The average molecular weight is 422 g/mol. The number of rotatable bonds is 4. The number of aromatic nitrogens is 2. The number of anilines is 1. The molecule has 0 spiro atoms. The van der Waals surface area contributed by atoms with Gasteiger partial charge < -0.3 is 10.1 Å². The third-order valence-electron chi connectivity index (χ3n) is 6.98. The standard InChI is InChI=1S/C23H31N7O/c1-2-6-18(7-3-1)21-26-22-24-16-28(11-10-27-12-14-31-15-13-27)17-29(22)23-25-19-8-4-5-9-20(19)30(21)23/h1-2,4-5,8-9,18,21H,3,6-7,10-17H2,(H,24,26)/t18-,21-/m1/s1. The maximum atomic E-state index is 5.48. The zero-order chi connectivity index (χ0) is 20.6. The summed E-state index contributed by atoms with van der Waals surface area (Å²) < 4.78 is 7.90. The quantitative estimate of drug-likeness (QED) is 0.764. The van der Waals surface area contributed by atoms with Gasteiger partial charge in [-0.15, -0.1) is 0 Å². The molecule has 0 unspecified atom stereocenters. The molecular weight excluding hydrogens is 390 g/mol. The first-order chi connectivity index (χ1) is 15.4. The molecule has 1 saturated heterocycles. The van der Waals surface area contributed by atoms with Crippen molar-refractivity contribution in [3.05, 3.63) is 36.4 Å². The number of ether oxygens (including phenoxy) is 1. The second kappa shape index (κ2) is 8.26. The normalized spacial score (nSPS) is 27.0. The molecule has 1 aromatic carbocycles. The Morgan fingerprint density at radius 1 is 1.06 bits per heavy atom. The molecule has 8 heteroatoms. The lowest BCUT2D eigenvalue weighted by atomic mass is 9.91. The summed E-state index contributed by atoms with van der Waals surface area (Å²) in [5, 5.41) is 3.80. The van der Waals surface area contributed by atoms with E-state index in [9.17, 15) is 0 Å². The second-order valence-corrected chi connectivity index (χ2v) is 8.95. The molecule has 164 valence electrons. The molecule has 1 aliphatic carbocycles. The van der Waals surface area contributed by atoms with E-state index in [2.05, 4.69) is 61.0 Å². The zero-order valence-corrected chi connectivity index (χ0v) is 18.0. The van der Waals surface area contributed by atoms with E-state index in [1.807, 2.05) is 0 Å². The van der Waals surface area contributed by atoms with Gasteiger partial charge in [0.1, 0.15) is 6.17 Å². The first-order valence-electron chi connectivity index (χ1n) is 11.6. The van der Waals surface area contributed by atoms with E-state index in [1.54, 1.807) is 0 Å². The number of hydrogen-bond acceptors (Lipinski definition) is 7. The number of imidazole rings is 1. The zero-order valence-electron chi connectivity index (χ0n) is 18.0. The summed E-state index contributed by atoms with van der Waals surface area (Å²) in [6.07, 6.45) is 8.28. The molecule has 1 N–H and O–H groups in total. The lowest BCUT2D eigenvalue weighted by Gasteiger charge is -2.44. The summed E-state index contributed by atoms with van der Waals surface area (Å²) in [6.45, 7) is 7.37. The summed E-state index contributed by atoms with van der Waals surface area (Å²) in [5.41, 5.74) is 2.26. The Balaban J connectivity index is 1.28. The fourth-order valence-corrected chi connectivity index (χ4v) is 5.22. The number of hydrogen-bond donors (Lipinski definition) is 1. The number of para-hydroxylation sites is 2. The number of morpholine rings is 1. The van der Waals surface area contributed by atoms with Gasteiger partial charge in [0.15, 0.2) is 0 Å². The summed E-state index contributed by atoms with van der Waals surface area (Å²) in [5.74, 6) is 2.55. The van der Waals surface area contributed by atoms with E-state index in [4.69, 9.17) is 14.7 Å². The minimum absolute atomic E-state index is 0.197. The fourth-order valence-electron chi connectivity index (χ4n) is 5.22. The molecule has 6 rings (SSSR count). The van der Waals surface area contributed by atoms with Crippen molar-refractivity contribution in [3.8, 4) is 0 Å². The van der Waals surface area contributed by atoms with Crippen molar-refractivity contribution < 1.29 is 4.74 Å². The molecule has 1 aromatic heterocycles. The van der Waals surface area contributed by atoms with Gasteiger partial charge in [-0.3, -0.25) is 19.3 Å². The number of guanidine groups is 1. The van der Waals surface area contributed by atoms with Crippen molar-refractivity contribution in [3.63, 3.8) is 0 Å². The largest absolute Gasteiger partial charge is 0.379 e. The van der Waals surface area contributed by atoms with Gasteiger partial charge >= 0.3 is 0 Å². The molecule has 3 aliphatic heterocycles. The number of allylic oxidation sites excluding steroid dienone is 2. The predicted octanol–water partition coefficient (Wildman–Crippen LogP) is 2.22. The molecule has 0 radical (unpaired) electrons. The van der Waals surface area contributed by atoms with Gasteiger partial charge in [0.05, 0.1) is 37.6 Å². The molecule has 2 atom stereocenters. The van der Waals surface area contributed by atoms with Gasteiger partial charge in [-0.2, -0.15) is 0 Å². The van der Waals surface area contributed by atoms with Crippen LogP contribution in [0.5, 0.6) is 0 Å². The van der Waals surface area contributed by atoms with Gasteiger partial charge in [-0.05, 0) is 31.4 Å². The summed E-state index contributed by atoms with van der Waals surface area (Å²) >= 11 is 0. The minimum Gasteiger partial charge on any atom is -0.379 e. The molecule has 1 fully saturated rings. The van der Waals surface area contributed by atoms with Gasteiger partial charge in [0.2, 0.25) is 11.9 Å². The molecule has 0 bridgehead atoms. The molecule has 0 saturated carbocycles. The highest BCUT2D eigenvalue weighted by Crippen LogP contribution is 2.37. The summed E-state index contributed by atoms with van der Waals surface area (Å²) in [7, 11) is 0. The first kappa shape index (κ1) is 19.3. The Morgan fingerprint density at radius 3 is 2.81 bits per heavy atom. The highest BCUT2D eigenvalue weighted by atomic mass is 16.5. The van der Waals surface area contributed by atoms with Crippen LogP contribution in [0.4, 0.5) is 5.95 Å². The van der Waals surface area contributed by atoms with Gasteiger partial charge in [0, 0.05) is 32.1 Å². The van der Waals surface area contributed by atoms with Crippen molar-refractivity contribution >= 4 is 22.9 Å². The second-order valence-electron chi connectivity index (χ2n) is 8.95. The summed E-state index contributed by atoms with van der Waals surface area (Å²) in [4.78, 5) is 17.2. The maximum Gasteiger partial charge on any atom is 0.216 e. The van der Waals surface area contributed by atoms with Crippen molar-refractivity contribution in [1.29, 1.82) is 0 Å². The fraction of sp³-hybridized carbons (Fsp3) is 0.565. The maximum absolute atomic E-state index is 5.48. The highest BCUT2D eigenvalue weighted by molar-refractivity contribution is 5.98. The van der Waals surface area contributed by atoms with Crippen LogP contribution in [-0.2, 0) is 4.74 Å². The molecule has 0 amide bonds. The van der Waals surface area contributed by atoms with Crippen LogP contribution in [-0.4, -0.2) is 78.0 Å². The van der Waals surface area contributed by atoms with Crippen molar-refractivity contribution in [2.24, 2.45) is 10.9 Å². The summed E-state index contributed by atoms with van der Waals surface area (Å²) in [6, 6.07) is 8.51. The predicted molar refractivity (Wildman–Crippen MR) is 122 cm³/mol. The van der Waals surface area contributed by atoms with Crippen molar-refractivity contribution in [2.45, 2.75) is 25.4 Å². The van der Waals surface area contributed by atoms with Crippen LogP contribution in [0.25, 0.3) is 11.0 Å². The monoisotopic (exact) mass is 421 g/mol. The van der Waals surface area contributed by atoms with Crippen LogP contribution in [0.3, 0.4) is 0 Å². The van der Waals surface area contributed by atoms with E-state index >= 15 is 0 Å². The third-order valence-corrected chi connectivity index (χ3v) is 6.98. The van der Waals surface area contributed by atoms with E-state index in [0.717, 1.165) is 83.0 Å². The van der Waals surface area contributed by atoms with E-state index in [0.29, 0.717) is 5.92 Å². The van der Waals surface area contributed by atoms with Crippen LogP contribution in [0.15, 0.2) is 41.4 Å². The van der Waals surface area contributed by atoms with E-state index in [1.165, 1.54) is 11.9 Å². The Labute approximate surface area is 183 Å². The van der Waals surface area contributed by atoms with Crippen LogP contribution >= 0.6 is 0 Å². The number of nitrogens with zero attached hydrogens (tertiary/aromatic N) is 6. The molecule has 2 aromatic rings. The third kappa shape index (κ3) is 3.62. The number of benzene rings is 1. The van der Waals surface area contributed by atoms with Gasteiger partial charge in [-0.1, -0.05) is 24.3 Å². The van der Waals surface area contributed by atoms with Crippen LogP contribution in [0.1, 0.15) is 25.4 Å². The number of fused-ring (bicyclic) bond motifs is 5. The van der Waals surface area contributed by atoms with E-state index < -0.39 is 0 Å². The van der Waals surface area contributed by atoms with Crippen LogP contribution in [0.2, 0.25) is 0 Å². The van der Waals surface area contributed by atoms with E-state index in [-0.39, 0.29) is 6.17 Å². The smallest absolute Gasteiger partial charge is 0.216 e. The lowest BCUT2D eigenvalue weighted by Crippen LogP contribution is -2.59. The number of aliphatic imine (C=N–C) groups is 1. The van der Waals surface area contributed by atoms with Crippen LogP contribution in [0, 0.1) is 5.92 Å². The first-order valence-corrected chi connectivity index (χ1v) is 11.6. The Morgan fingerprint density at radius 2 is 1.94 bits per heavy atom. The molecule has 31 heavy (non-hydrogen) atoms. The molecular formula is C23H31N7O. The minimum atomic E-state index is 0.197. The molecule has 4 heterocycles. The Bertz CT molecular complexity index is 993. The Hall–Kier alpha value is -2.42. The molecule has 8 nitrogen and oxygen atoms in total. The SMILES string of the molecule is C1=CC[C@@H]([C@@H]2NC3=NCN(CCN4CCOCC4)CN3c3nc4ccccc4n32)CC1. The van der Waals surface area contributed by atoms with Gasteiger partial charge in [-0.25, -0.2) is 9.98 Å². The number of nitrogens with one attached hydrogen (secondary N) is 1. The lowest BCUT2D eigenvalue weighted by molar-refractivity contribution is 0.0333. The molecule has 4 aliphatic rings. The average Bonchev–Trinajstić information content (AvgIpc) is 3.23. The highest BCUT2D eigenvalue weighted by Gasteiger charge is 2.38. The van der Waals surface area contributed by atoms with Crippen molar-refractivity contribution in [2.75, 3.05) is 57.6 Å². The van der Waals surface area contributed by atoms with Gasteiger partial charge in [0.25, 0.3) is 0 Å². The van der Waals surface area contributed by atoms with Crippen molar-refractivity contribution in [1.82, 2.24) is 24.7 Å². The van der Waals surface area contributed by atoms with Crippen LogP contribution < -0.4 is 10.2 Å². The topological polar surface area (TPSA) is 61.2 Å². The Kier molecular flexibility index (Phi) is 5.13.